The van der Waals surface area contributed by atoms with Crippen LogP contribution >= 0.6 is 11.3 Å². The van der Waals surface area contributed by atoms with Crippen LogP contribution in [0, 0.1) is 0 Å². The third-order valence-corrected chi connectivity index (χ3v) is 6.81. The Kier molecular flexibility index (Phi) is 5.79. The lowest BCUT2D eigenvalue weighted by atomic mass is 10.3. The van der Waals surface area contributed by atoms with Crippen LogP contribution < -0.4 is 5.32 Å². The summed E-state index contributed by atoms with van der Waals surface area (Å²) >= 11 is 1.41. The minimum Gasteiger partial charge on any atom is -0.350 e. The van der Waals surface area contributed by atoms with E-state index in [2.05, 4.69) is 15.2 Å². The van der Waals surface area contributed by atoms with Gasteiger partial charge in [-0.15, -0.1) is 11.3 Å². The third-order valence-electron chi connectivity index (χ3n) is 4.06. The van der Waals surface area contributed by atoms with Crippen molar-refractivity contribution in [3.05, 3.63) is 46.9 Å². The number of hydrogen-bond donors (Lipinski definition) is 1. The number of rotatable bonds is 6. The molecule has 1 fully saturated rings. The molecule has 0 unspecified atom stereocenters. The smallest absolute Gasteiger partial charge is 0.261 e. The van der Waals surface area contributed by atoms with Crippen molar-refractivity contribution in [3.8, 4) is 0 Å². The molecule has 0 saturated carbocycles. The molecule has 1 saturated heterocycles. The average Bonchev–Trinajstić information content (AvgIpc) is 3.18. The van der Waals surface area contributed by atoms with E-state index in [4.69, 9.17) is 0 Å². The van der Waals surface area contributed by atoms with Crippen molar-refractivity contribution in [1.29, 1.82) is 0 Å². The SMILES string of the molecule is O=C(NCCN1CCN(S(=O)(=O)c2cccnc2)CC1)c1cccs1. The number of thiophene rings is 1. The maximum atomic E-state index is 12.5. The second-order valence-corrected chi connectivity index (χ2v) is 8.55. The summed E-state index contributed by atoms with van der Waals surface area (Å²) in [6.45, 7) is 3.43. The summed E-state index contributed by atoms with van der Waals surface area (Å²) in [4.78, 5) is 18.8. The molecule has 0 spiro atoms. The predicted molar refractivity (Wildman–Crippen MR) is 96.1 cm³/mol. The fraction of sp³-hybridized carbons (Fsp3) is 0.375. The summed E-state index contributed by atoms with van der Waals surface area (Å²) < 4.78 is 26.6. The second-order valence-electron chi connectivity index (χ2n) is 5.67. The zero-order valence-corrected chi connectivity index (χ0v) is 15.3. The standard InChI is InChI=1S/C16H20N4O3S2/c21-16(15-4-2-12-24-15)18-6-7-19-8-10-20(11-9-19)25(22,23)14-3-1-5-17-13-14/h1-5,12-13H,6-11H2,(H,18,21). The van der Waals surface area contributed by atoms with Gasteiger partial charge in [0.1, 0.15) is 4.90 Å². The van der Waals surface area contributed by atoms with Gasteiger partial charge in [-0.1, -0.05) is 6.07 Å². The summed E-state index contributed by atoms with van der Waals surface area (Å²) in [6.07, 6.45) is 2.93. The van der Waals surface area contributed by atoms with Crippen LogP contribution in [0.3, 0.4) is 0 Å². The molecule has 1 amide bonds. The van der Waals surface area contributed by atoms with Gasteiger partial charge in [-0.2, -0.15) is 4.31 Å². The van der Waals surface area contributed by atoms with Crippen LogP contribution in [0.5, 0.6) is 0 Å². The molecule has 25 heavy (non-hydrogen) atoms. The lowest BCUT2D eigenvalue weighted by molar-refractivity contribution is 0.0949. The Morgan fingerprint density at radius 2 is 2.00 bits per heavy atom. The van der Waals surface area contributed by atoms with E-state index in [0.29, 0.717) is 44.1 Å². The number of pyridine rings is 1. The van der Waals surface area contributed by atoms with Gasteiger partial charge in [0, 0.05) is 51.7 Å². The molecule has 1 aliphatic rings. The van der Waals surface area contributed by atoms with Crippen molar-refractivity contribution in [2.24, 2.45) is 0 Å². The van der Waals surface area contributed by atoms with E-state index in [0.717, 1.165) is 0 Å². The highest BCUT2D eigenvalue weighted by molar-refractivity contribution is 7.89. The summed E-state index contributed by atoms with van der Waals surface area (Å²) in [6, 6.07) is 6.83. The van der Waals surface area contributed by atoms with Crippen LogP contribution in [0.4, 0.5) is 0 Å². The zero-order valence-electron chi connectivity index (χ0n) is 13.7. The van der Waals surface area contributed by atoms with Gasteiger partial charge in [-0.3, -0.25) is 14.7 Å². The topological polar surface area (TPSA) is 82.6 Å². The number of hydrogen-bond acceptors (Lipinski definition) is 6. The van der Waals surface area contributed by atoms with E-state index in [1.54, 1.807) is 24.4 Å². The summed E-state index contributed by atoms with van der Waals surface area (Å²) in [5, 5.41) is 4.76. The lowest BCUT2D eigenvalue weighted by Crippen LogP contribution is -2.50. The van der Waals surface area contributed by atoms with Gasteiger partial charge in [-0.05, 0) is 23.6 Å². The molecular formula is C16H20N4O3S2. The number of aromatic nitrogens is 1. The Morgan fingerprint density at radius 3 is 2.64 bits per heavy atom. The van der Waals surface area contributed by atoms with Crippen molar-refractivity contribution < 1.29 is 13.2 Å². The fourth-order valence-electron chi connectivity index (χ4n) is 2.66. The monoisotopic (exact) mass is 380 g/mol. The molecule has 1 aliphatic heterocycles. The number of carbonyl (C=O) groups is 1. The van der Waals surface area contributed by atoms with Crippen LogP contribution in [0.15, 0.2) is 46.9 Å². The number of amides is 1. The first kappa shape index (κ1) is 18.0. The average molecular weight is 380 g/mol. The molecule has 3 rings (SSSR count). The van der Waals surface area contributed by atoms with Gasteiger partial charge in [-0.25, -0.2) is 8.42 Å². The first-order valence-corrected chi connectivity index (χ1v) is 10.3. The van der Waals surface area contributed by atoms with Gasteiger partial charge in [0.15, 0.2) is 0 Å². The van der Waals surface area contributed by atoms with Crippen LogP contribution in [-0.4, -0.2) is 67.8 Å². The molecular weight excluding hydrogens is 360 g/mol. The molecule has 0 atom stereocenters. The quantitative estimate of drug-likeness (QED) is 0.804. The Morgan fingerprint density at radius 1 is 1.20 bits per heavy atom. The molecule has 0 aromatic carbocycles. The first-order chi connectivity index (χ1) is 12.1. The van der Waals surface area contributed by atoms with Crippen LogP contribution in [0.2, 0.25) is 0 Å². The molecule has 2 aromatic heterocycles. The van der Waals surface area contributed by atoms with Crippen molar-refractivity contribution in [3.63, 3.8) is 0 Å². The summed E-state index contributed by atoms with van der Waals surface area (Å²) in [5.41, 5.74) is 0. The molecule has 7 nitrogen and oxygen atoms in total. The Labute approximate surface area is 151 Å². The zero-order chi connectivity index (χ0) is 17.7. The van der Waals surface area contributed by atoms with Crippen molar-refractivity contribution >= 4 is 27.3 Å². The van der Waals surface area contributed by atoms with E-state index < -0.39 is 10.0 Å². The van der Waals surface area contributed by atoms with Gasteiger partial charge >= 0.3 is 0 Å². The largest absolute Gasteiger partial charge is 0.350 e. The minimum atomic E-state index is -3.47. The van der Waals surface area contributed by atoms with Crippen LogP contribution in [-0.2, 0) is 10.0 Å². The number of nitrogens with one attached hydrogen (secondary N) is 1. The van der Waals surface area contributed by atoms with Gasteiger partial charge in [0.2, 0.25) is 10.0 Å². The Bertz CT molecular complexity index is 786. The molecule has 2 aromatic rings. The molecule has 1 N–H and O–H groups in total. The molecule has 134 valence electrons. The maximum Gasteiger partial charge on any atom is 0.261 e. The molecule has 3 heterocycles. The Hall–Kier alpha value is -1.81. The van der Waals surface area contributed by atoms with Crippen LogP contribution in [0.25, 0.3) is 0 Å². The highest BCUT2D eigenvalue weighted by atomic mass is 32.2. The third kappa shape index (κ3) is 4.43. The molecule has 0 aliphatic carbocycles. The maximum absolute atomic E-state index is 12.5. The molecule has 0 bridgehead atoms. The number of carbonyl (C=O) groups excluding carboxylic acids is 1. The van der Waals surface area contributed by atoms with Gasteiger partial charge in [0.25, 0.3) is 5.91 Å². The highest BCUT2D eigenvalue weighted by Crippen LogP contribution is 2.16. The van der Waals surface area contributed by atoms with E-state index in [1.807, 2.05) is 11.4 Å². The van der Waals surface area contributed by atoms with Gasteiger partial charge in [0.05, 0.1) is 4.88 Å². The lowest BCUT2D eigenvalue weighted by Gasteiger charge is -2.33. The highest BCUT2D eigenvalue weighted by Gasteiger charge is 2.28. The van der Waals surface area contributed by atoms with E-state index in [9.17, 15) is 13.2 Å². The first-order valence-electron chi connectivity index (χ1n) is 8.01. The van der Waals surface area contributed by atoms with Crippen molar-refractivity contribution in [1.82, 2.24) is 19.5 Å². The van der Waals surface area contributed by atoms with E-state index in [1.165, 1.54) is 21.8 Å². The Balaban J connectivity index is 1.45. The van der Waals surface area contributed by atoms with Crippen molar-refractivity contribution in [2.75, 3.05) is 39.3 Å². The van der Waals surface area contributed by atoms with Crippen molar-refractivity contribution in [2.45, 2.75) is 4.90 Å². The van der Waals surface area contributed by atoms with Crippen LogP contribution in [0.1, 0.15) is 9.67 Å². The molecule has 0 radical (unpaired) electrons. The number of piperazine rings is 1. The normalized spacial score (nSPS) is 16.6. The predicted octanol–water partition coefficient (Wildman–Crippen LogP) is 0.879. The fourth-order valence-corrected chi connectivity index (χ4v) is 4.69. The summed E-state index contributed by atoms with van der Waals surface area (Å²) in [5.74, 6) is -0.0622. The minimum absolute atomic E-state index is 0.0622. The number of sulfonamides is 1. The van der Waals surface area contributed by atoms with Gasteiger partial charge < -0.3 is 5.32 Å². The van der Waals surface area contributed by atoms with E-state index in [-0.39, 0.29) is 10.8 Å². The van der Waals surface area contributed by atoms with E-state index >= 15 is 0 Å². The second kappa shape index (κ2) is 8.05. The summed E-state index contributed by atoms with van der Waals surface area (Å²) in [7, 11) is -3.47. The number of nitrogens with zero attached hydrogens (tertiary/aromatic N) is 3. The molecule has 9 heteroatoms.